The van der Waals surface area contributed by atoms with Crippen LogP contribution in [0.4, 0.5) is 10.5 Å². The van der Waals surface area contributed by atoms with Crippen molar-refractivity contribution in [2.45, 2.75) is 26.0 Å². The van der Waals surface area contributed by atoms with Crippen LogP contribution in [-0.4, -0.2) is 39.8 Å². The molecule has 10 nitrogen and oxygen atoms in total. The summed E-state index contributed by atoms with van der Waals surface area (Å²) in [6.07, 6.45) is -0.460. The predicted octanol–water partition coefficient (Wildman–Crippen LogP) is 4.86. The van der Waals surface area contributed by atoms with Gasteiger partial charge in [-0.25, -0.2) is 9.89 Å². The van der Waals surface area contributed by atoms with Crippen molar-refractivity contribution < 1.29 is 19.1 Å². The van der Waals surface area contributed by atoms with Crippen LogP contribution in [0.5, 0.6) is 5.75 Å². The highest BCUT2D eigenvalue weighted by atomic mass is 32.1. The van der Waals surface area contributed by atoms with Crippen LogP contribution in [0.2, 0.25) is 0 Å². The van der Waals surface area contributed by atoms with Crippen LogP contribution in [-0.2, 0) is 17.8 Å². The second-order valence-corrected chi connectivity index (χ2v) is 10.3. The summed E-state index contributed by atoms with van der Waals surface area (Å²) in [6, 6.07) is 24.9. The lowest BCUT2D eigenvalue weighted by molar-refractivity contribution is 0.0901. The van der Waals surface area contributed by atoms with E-state index in [0.717, 1.165) is 33.5 Å². The number of rotatable bonds is 10. The molecule has 11 heteroatoms. The van der Waals surface area contributed by atoms with Gasteiger partial charge in [0, 0.05) is 34.3 Å². The zero-order chi connectivity index (χ0) is 28.6. The third-order valence-electron chi connectivity index (χ3n) is 6.12. The average Bonchev–Trinajstić information content (AvgIpc) is 3.39. The van der Waals surface area contributed by atoms with Crippen molar-refractivity contribution in [3.8, 4) is 5.75 Å². The van der Waals surface area contributed by atoms with Crippen LogP contribution in [0.25, 0.3) is 10.9 Å². The van der Waals surface area contributed by atoms with Crippen LogP contribution >= 0.6 is 11.3 Å². The van der Waals surface area contributed by atoms with Gasteiger partial charge < -0.3 is 14.8 Å². The maximum Gasteiger partial charge on any atom is 0.411 e. The molecule has 0 aliphatic rings. The first kappa shape index (κ1) is 27.5. The predicted molar refractivity (Wildman–Crippen MR) is 156 cm³/mol. The number of carbonyl (C=O) groups is 2. The fraction of sp³-hybridized carbons (Fsp3) is 0.167. The number of anilines is 1. The number of aromatic amines is 1. The van der Waals surface area contributed by atoms with E-state index in [-0.39, 0.29) is 23.8 Å². The molecule has 3 aromatic carbocycles. The molecule has 5 rings (SSSR count). The van der Waals surface area contributed by atoms with Gasteiger partial charge in [0.05, 0.1) is 11.6 Å². The number of amides is 2. The van der Waals surface area contributed by atoms with Gasteiger partial charge in [-0.3, -0.25) is 19.9 Å². The minimum absolute atomic E-state index is 0.126. The second-order valence-electron chi connectivity index (χ2n) is 9.22. The summed E-state index contributed by atoms with van der Waals surface area (Å²) in [4.78, 5) is 41.1. The number of pyridine rings is 1. The van der Waals surface area contributed by atoms with Crippen LogP contribution in [0, 0.1) is 6.92 Å². The highest BCUT2D eigenvalue weighted by molar-refractivity contribution is 7.08. The quantitative estimate of drug-likeness (QED) is 0.219. The molecule has 1 unspecified atom stereocenters. The van der Waals surface area contributed by atoms with Gasteiger partial charge in [-0.1, -0.05) is 47.7 Å². The standard InChI is InChI=1S/C30H27N5O5S/c1-19-15-21(25-9-5-6-10-26(25)31-19)17-39-24-13-11-20(12-14-24)28(36)32-23(16-27-34-35-30(38)41-27)18-40-29(37)33-22-7-3-2-4-8-22/h2-15,23H,16-18H2,1H3,(H,32,36)(H,33,37)(H,35,38). The summed E-state index contributed by atoms with van der Waals surface area (Å²) in [5.74, 6) is 0.242. The first-order chi connectivity index (χ1) is 19.9. The number of ether oxygens (including phenoxy) is 2. The molecule has 0 aliphatic heterocycles. The maximum absolute atomic E-state index is 13.1. The van der Waals surface area contributed by atoms with Crippen molar-refractivity contribution in [2.75, 3.05) is 11.9 Å². The van der Waals surface area contributed by atoms with Gasteiger partial charge in [-0.15, -0.1) is 0 Å². The Balaban J connectivity index is 1.21. The highest BCUT2D eigenvalue weighted by Gasteiger charge is 2.19. The molecule has 1 atom stereocenters. The van der Waals surface area contributed by atoms with Gasteiger partial charge >= 0.3 is 11.0 Å². The van der Waals surface area contributed by atoms with E-state index in [1.165, 1.54) is 0 Å². The van der Waals surface area contributed by atoms with Crippen molar-refractivity contribution in [3.05, 3.63) is 116 Å². The molecule has 2 aromatic heterocycles. The van der Waals surface area contributed by atoms with E-state index < -0.39 is 12.1 Å². The van der Waals surface area contributed by atoms with Crippen molar-refractivity contribution in [1.29, 1.82) is 0 Å². The molecule has 3 N–H and O–H groups in total. The monoisotopic (exact) mass is 569 g/mol. The number of aromatic nitrogens is 3. The number of carbonyl (C=O) groups excluding carboxylic acids is 2. The molecule has 5 aromatic rings. The molecular formula is C30H27N5O5S. The Morgan fingerprint density at radius 1 is 1.00 bits per heavy atom. The average molecular weight is 570 g/mol. The third-order valence-corrected chi connectivity index (χ3v) is 6.89. The first-order valence-corrected chi connectivity index (χ1v) is 13.7. The van der Waals surface area contributed by atoms with Crippen molar-refractivity contribution in [1.82, 2.24) is 20.5 Å². The number of H-pyrrole nitrogens is 1. The van der Waals surface area contributed by atoms with Crippen LogP contribution in [0.15, 0.2) is 89.7 Å². The SMILES string of the molecule is Cc1cc(COc2ccc(C(=O)NC(COC(=O)Nc3ccccc3)Cc3n[nH]c(=O)s3)cc2)c2ccccc2n1. The van der Waals surface area contributed by atoms with E-state index in [2.05, 4.69) is 25.8 Å². The molecule has 2 heterocycles. The molecule has 2 amide bonds. The molecule has 0 saturated carbocycles. The number of benzene rings is 3. The Hall–Kier alpha value is -5.03. The summed E-state index contributed by atoms with van der Waals surface area (Å²) in [5.41, 5.74) is 3.83. The van der Waals surface area contributed by atoms with Gasteiger partial charge in [0.1, 0.15) is 24.0 Å². The van der Waals surface area contributed by atoms with Gasteiger partial charge in [0.2, 0.25) is 0 Å². The van der Waals surface area contributed by atoms with Crippen molar-refractivity contribution in [2.24, 2.45) is 0 Å². The number of nitrogens with one attached hydrogen (secondary N) is 3. The zero-order valence-corrected chi connectivity index (χ0v) is 22.9. The fourth-order valence-electron chi connectivity index (χ4n) is 4.21. The minimum atomic E-state index is -0.663. The minimum Gasteiger partial charge on any atom is -0.489 e. The Bertz CT molecular complexity index is 1700. The summed E-state index contributed by atoms with van der Waals surface area (Å²) in [6.45, 7) is 2.18. The lowest BCUT2D eigenvalue weighted by Gasteiger charge is -2.18. The summed E-state index contributed by atoms with van der Waals surface area (Å²) < 4.78 is 11.4. The normalized spacial score (nSPS) is 11.5. The smallest absolute Gasteiger partial charge is 0.411 e. The molecule has 0 bridgehead atoms. The van der Waals surface area contributed by atoms with E-state index >= 15 is 0 Å². The van der Waals surface area contributed by atoms with Gasteiger partial charge in [0.15, 0.2) is 0 Å². The van der Waals surface area contributed by atoms with Crippen LogP contribution < -0.4 is 20.2 Å². The van der Waals surface area contributed by atoms with E-state index in [4.69, 9.17) is 9.47 Å². The lowest BCUT2D eigenvalue weighted by atomic mass is 10.1. The number of aryl methyl sites for hydroxylation is 1. The maximum atomic E-state index is 13.1. The number of para-hydroxylation sites is 2. The Morgan fingerprint density at radius 3 is 2.51 bits per heavy atom. The molecule has 0 saturated heterocycles. The molecule has 0 aliphatic carbocycles. The Morgan fingerprint density at radius 2 is 1.76 bits per heavy atom. The van der Waals surface area contributed by atoms with E-state index in [1.54, 1.807) is 48.5 Å². The number of hydrogen-bond donors (Lipinski definition) is 3. The van der Waals surface area contributed by atoms with Gasteiger partial charge in [-0.2, -0.15) is 5.10 Å². The highest BCUT2D eigenvalue weighted by Crippen LogP contribution is 2.21. The summed E-state index contributed by atoms with van der Waals surface area (Å²) in [5, 5.41) is 13.3. The molecular weight excluding hydrogens is 542 g/mol. The topological polar surface area (TPSA) is 135 Å². The summed E-state index contributed by atoms with van der Waals surface area (Å²) in [7, 11) is 0. The fourth-order valence-corrected chi connectivity index (χ4v) is 4.89. The molecule has 0 spiro atoms. The number of hydrogen-bond acceptors (Lipinski definition) is 8. The van der Waals surface area contributed by atoms with E-state index in [9.17, 15) is 14.4 Å². The van der Waals surface area contributed by atoms with Gasteiger partial charge in [0.25, 0.3) is 5.91 Å². The number of fused-ring (bicyclic) bond motifs is 1. The van der Waals surface area contributed by atoms with E-state index in [0.29, 0.717) is 28.6 Å². The molecule has 0 radical (unpaired) electrons. The lowest BCUT2D eigenvalue weighted by Crippen LogP contribution is -2.40. The Labute approximate surface area is 239 Å². The molecule has 0 fully saturated rings. The second kappa shape index (κ2) is 12.9. The van der Waals surface area contributed by atoms with Crippen molar-refractivity contribution >= 4 is 39.9 Å². The van der Waals surface area contributed by atoms with Gasteiger partial charge in [-0.05, 0) is 55.5 Å². The van der Waals surface area contributed by atoms with Crippen LogP contribution in [0.1, 0.15) is 26.6 Å². The largest absolute Gasteiger partial charge is 0.489 e. The first-order valence-electron chi connectivity index (χ1n) is 12.8. The number of nitrogens with zero attached hydrogens (tertiary/aromatic N) is 2. The van der Waals surface area contributed by atoms with Crippen molar-refractivity contribution in [3.63, 3.8) is 0 Å². The summed E-state index contributed by atoms with van der Waals surface area (Å²) >= 11 is 0.933. The molecule has 208 valence electrons. The van der Waals surface area contributed by atoms with E-state index in [1.807, 2.05) is 43.3 Å². The third kappa shape index (κ3) is 7.55. The Kier molecular flexibility index (Phi) is 8.65. The molecule has 41 heavy (non-hydrogen) atoms. The zero-order valence-electron chi connectivity index (χ0n) is 22.1. The van der Waals surface area contributed by atoms with Crippen LogP contribution in [0.3, 0.4) is 0 Å².